The highest BCUT2D eigenvalue weighted by molar-refractivity contribution is 6.00. The molecule has 0 unspecified atom stereocenters. The van der Waals surface area contributed by atoms with Gasteiger partial charge in [0.1, 0.15) is 0 Å². The van der Waals surface area contributed by atoms with E-state index >= 15 is 0 Å². The smallest absolute Gasteiger partial charge is 0.337 e. The molecule has 1 rings (SSSR count). The molecule has 0 saturated heterocycles. The van der Waals surface area contributed by atoms with Gasteiger partial charge in [-0.25, -0.2) is 9.59 Å². The fourth-order valence-corrected chi connectivity index (χ4v) is 1.42. The van der Waals surface area contributed by atoms with Gasteiger partial charge in [0.15, 0.2) is 0 Å². The first-order valence-electron chi connectivity index (χ1n) is 5.37. The Morgan fingerprint density at radius 3 is 2.78 bits per heavy atom. The van der Waals surface area contributed by atoms with Crippen LogP contribution < -0.4 is 10.6 Å². The van der Waals surface area contributed by atoms with Gasteiger partial charge >= 0.3 is 12.0 Å². The molecule has 5 nitrogen and oxygen atoms in total. The topological polar surface area (TPSA) is 78.4 Å². The number of hydrogen-bond donors (Lipinski definition) is 3. The molecule has 18 heavy (non-hydrogen) atoms. The van der Waals surface area contributed by atoms with Crippen molar-refractivity contribution in [2.75, 3.05) is 11.9 Å². The molecule has 0 saturated carbocycles. The SMILES string of the molecule is C#CCCNC(=O)Nc1c(C)cccc1C(=O)O. The van der Waals surface area contributed by atoms with Crippen molar-refractivity contribution < 1.29 is 14.7 Å². The van der Waals surface area contributed by atoms with Crippen molar-refractivity contribution in [1.82, 2.24) is 5.32 Å². The van der Waals surface area contributed by atoms with Crippen molar-refractivity contribution in [1.29, 1.82) is 0 Å². The Hall–Kier alpha value is -2.48. The highest BCUT2D eigenvalue weighted by Crippen LogP contribution is 2.20. The number of hydrogen-bond acceptors (Lipinski definition) is 2. The van der Waals surface area contributed by atoms with E-state index in [1.807, 2.05) is 0 Å². The van der Waals surface area contributed by atoms with Gasteiger partial charge in [-0.15, -0.1) is 12.3 Å². The summed E-state index contributed by atoms with van der Waals surface area (Å²) in [6, 6.07) is 4.32. The number of amides is 2. The number of carbonyl (C=O) groups is 2. The average molecular weight is 246 g/mol. The van der Waals surface area contributed by atoms with E-state index in [4.69, 9.17) is 11.5 Å². The third-order valence-electron chi connectivity index (χ3n) is 2.30. The lowest BCUT2D eigenvalue weighted by atomic mass is 10.1. The van der Waals surface area contributed by atoms with Crippen LogP contribution in [-0.4, -0.2) is 23.7 Å². The van der Waals surface area contributed by atoms with Crippen LogP contribution in [0.3, 0.4) is 0 Å². The Labute approximate surface area is 105 Å². The highest BCUT2D eigenvalue weighted by Gasteiger charge is 2.13. The molecule has 1 aromatic rings. The number of urea groups is 1. The third kappa shape index (κ3) is 3.52. The molecule has 0 aliphatic rings. The molecule has 0 bridgehead atoms. The van der Waals surface area contributed by atoms with Gasteiger partial charge in [-0.05, 0) is 18.6 Å². The van der Waals surface area contributed by atoms with Crippen LogP contribution >= 0.6 is 0 Å². The summed E-state index contributed by atoms with van der Waals surface area (Å²) < 4.78 is 0. The Morgan fingerprint density at radius 1 is 1.44 bits per heavy atom. The van der Waals surface area contributed by atoms with E-state index in [-0.39, 0.29) is 5.56 Å². The summed E-state index contributed by atoms with van der Waals surface area (Å²) in [6.45, 7) is 2.07. The molecule has 0 atom stereocenters. The maximum atomic E-state index is 11.5. The zero-order valence-corrected chi connectivity index (χ0v) is 9.99. The van der Waals surface area contributed by atoms with Crippen molar-refractivity contribution in [3.8, 4) is 12.3 Å². The van der Waals surface area contributed by atoms with Gasteiger partial charge in [0.25, 0.3) is 0 Å². The van der Waals surface area contributed by atoms with E-state index in [0.29, 0.717) is 24.2 Å². The molecule has 5 heteroatoms. The lowest BCUT2D eigenvalue weighted by Crippen LogP contribution is -2.30. The number of aryl methyl sites for hydroxylation is 1. The summed E-state index contributed by atoms with van der Waals surface area (Å²) in [4.78, 5) is 22.5. The summed E-state index contributed by atoms with van der Waals surface area (Å²) in [7, 11) is 0. The minimum Gasteiger partial charge on any atom is -0.478 e. The van der Waals surface area contributed by atoms with Crippen LogP contribution in [0.1, 0.15) is 22.3 Å². The Bertz CT molecular complexity index is 503. The summed E-state index contributed by atoms with van der Waals surface area (Å²) in [5, 5.41) is 14.1. The number of carboxylic acid groups (broad SMARTS) is 1. The molecular weight excluding hydrogens is 232 g/mol. The van der Waals surface area contributed by atoms with Crippen LogP contribution in [0.2, 0.25) is 0 Å². The van der Waals surface area contributed by atoms with Crippen LogP contribution in [0.25, 0.3) is 0 Å². The number of anilines is 1. The number of nitrogens with one attached hydrogen (secondary N) is 2. The zero-order valence-electron chi connectivity index (χ0n) is 9.99. The first-order valence-corrected chi connectivity index (χ1v) is 5.37. The minimum absolute atomic E-state index is 0.0575. The van der Waals surface area contributed by atoms with Gasteiger partial charge in [0, 0.05) is 13.0 Å². The van der Waals surface area contributed by atoms with E-state index in [2.05, 4.69) is 16.6 Å². The Morgan fingerprint density at radius 2 is 2.17 bits per heavy atom. The second-order valence-corrected chi connectivity index (χ2v) is 3.64. The number of terminal acetylenes is 1. The Kier molecular flexibility index (Phi) is 4.76. The maximum absolute atomic E-state index is 11.5. The van der Waals surface area contributed by atoms with E-state index in [9.17, 15) is 9.59 Å². The fraction of sp³-hybridized carbons (Fsp3) is 0.231. The molecule has 3 N–H and O–H groups in total. The van der Waals surface area contributed by atoms with Crippen molar-refractivity contribution in [3.63, 3.8) is 0 Å². The summed E-state index contributed by atoms with van der Waals surface area (Å²) in [5.41, 5.74) is 1.03. The number of aromatic carboxylic acids is 1. The van der Waals surface area contributed by atoms with Gasteiger partial charge in [-0.1, -0.05) is 12.1 Å². The molecule has 0 aliphatic heterocycles. The van der Waals surface area contributed by atoms with Gasteiger partial charge in [-0.2, -0.15) is 0 Å². The Balaban J connectivity index is 2.81. The highest BCUT2D eigenvalue weighted by atomic mass is 16.4. The van der Waals surface area contributed by atoms with Gasteiger partial charge < -0.3 is 15.7 Å². The van der Waals surface area contributed by atoms with Crippen LogP contribution in [0, 0.1) is 19.3 Å². The summed E-state index contributed by atoms with van der Waals surface area (Å²) in [5.74, 6) is 1.31. The minimum atomic E-state index is -1.09. The summed E-state index contributed by atoms with van der Waals surface area (Å²) in [6.07, 6.45) is 5.48. The molecule has 0 fully saturated rings. The molecule has 0 aromatic heterocycles. The quantitative estimate of drug-likeness (QED) is 0.560. The predicted octanol–water partition coefficient (Wildman–Crippen LogP) is 1.84. The van der Waals surface area contributed by atoms with Gasteiger partial charge in [-0.3, -0.25) is 0 Å². The van der Waals surface area contributed by atoms with E-state index in [0.717, 1.165) is 0 Å². The van der Waals surface area contributed by atoms with Gasteiger partial charge in [0.2, 0.25) is 0 Å². The first kappa shape index (κ1) is 13.6. The van der Waals surface area contributed by atoms with Crippen LogP contribution in [-0.2, 0) is 0 Å². The molecule has 0 radical (unpaired) electrons. The lowest BCUT2D eigenvalue weighted by Gasteiger charge is -2.11. The molecule has 2 amide bonds. The van der Waals surface area contributed by atoms with Crippen molar-refractivity contribution in [2.24, 2.45) is 0 Å². The average Bonchev–Trinajstić information content (AvgIpc) is 2.31. The van der Waals surface area contributed by atoms with Crippen molar-refractivity contribution >= 4 is 17.7 Å². The maximum Gasteiger partial charge on any atom is 0.337 e. The normalized spacial score (nSPS) is 9.33. The predicted molar refractivity (Wildman–Crippen MR) is 68.6 cm³/mol. The first-order chi connectivity index (χ1) is 8.56. The second kappa shape index (κ2) is 6.30. The third-order valence-corrected chi connectivity index (χ3v) is 2.30. The number of carbonyl (C=O) groups excluding carboxylic acids is 1. The zero-order chi connectivity index (χ0) is 13.5. The lowest BCUT2D eigenvalue weighted by molar-refractivity contribution is 0.0698. The number of carboxylic acids is 1. The van der Waals surface area contributed by atoms with Crippen molar-refractivity contribution in [2.45, 2.75) is 13.3 Å². The molecule has 0 aliphatic carbocycles. The monoisotopic (exact) mass is 246 g/mol. The molecule has 0 spiro atoms. The van der Waals surface area contributed by atoms with Crippen molar-refractivity contribution in [3.05, 3.63) is 29.3 Å². The largest absolute Gasteiger partial charge is 0.478 e. The number of rotatable bonds is 4. The molecule has 0 heterocycles. The van der Waals surface area contributed by atoms with E-state index in [1.165, 1.54) is 6.07 Å². The van der Waals surface area contributed by atoms with E-state index < -0.39 is 12.0 Å². The molecule has 1 aromatic carbocycles. The van der Waals surface area contributed by atoms with Gasteiger partial charge in [0.05, 0.1) is 11.3 Å². The van der Waals surface area contributed by atoms with Crippen LogP contribution in [0.15, 0.2) is 18.2 Å². The molecular formula is C13H14N2O3. The van der Waals surface area contributed by atoms with Crippen LogP contribution in [0.5, 0.6) is 0 Å². The second-order valence-electron chi connectivity index (χ2n) is 3.64. The van der Waals surface area contributed by atoms with Crippen LogP contribution in [0.4, 0.5) is 10.5 Å². The number of benzene rings is 1. The standard InChI is InChI=1S/C13H14N2O3/c1-3-4-8-14-13(18)15-11-9(2)6-5-7-10(11)12(16)17/h1,5-7H,4,8H2,2H3,(H,16,17)(H2,14,15,18). The molecule has 94 valence electrons. The number of para-hydroxylation sites is 1. The fourth-order valence-electron chi connectivity index (χ4n) is 1.42. The summed E-state index contributed by atoms with van der Waals surface area (Å²) >= 11 is 0. The van der Waals surface area contributed by atoms with E-state index in [1.54, 1.807) is 19.1 Å².